The second kappa shape index (κ2) is 8.43. The molecule has 3 aromatic heterocycles. The number of hydrogen-bond donors (Lipinski definition) is 3. The molecule has 3 heterocycles. The molecule has 3 aromatic rings. The van der Waals surface area contributed by atoms with Gasteiger partial charge in [-0.3, -0.25) is 14.6 Å². The fraction of sp³-hybridized carbons (Fsp3) is 0.235. The molecule has 0 aliphatic heterocycles. The zero-order chi connectivity index (χ0) is 19.1. The van der Waals surface area contributed by atoms with E-state index in [1.807, 2.05) is 17.7 Å². The van der Waals surface area contributed by atoms with Gasteiger partial charge in [-0.1, -0.05) is 6.92 Å². The first-order valence-corrected chi connectivity index (χ1v) is 7.88. The average Bonchev–Trinajstić information content (AvgIpc) is 3.26. The summed E-state index contributed by atoms with van der Waals surface area (Å²) in [6.45, 7) is 4.71. The summed E-state index contributed by atoms with van der Waals surface area (Å²) in [6, 6.07) is 5.76. The summed E-state index contributed by atoms with van der Waals surface area (Å²) in [5, 5.41) is 27.5. The summed E-state index contributed by atoms with van der Waals surface area (Å²) < 4.78 is 1.95. The number of carboxylic acid groups (broad SMARTS) is 1. The van der Waals surface area contributed by atoms with E-state index in [0.29, 0.717) is 16.8 Å². The van der Waals surface area contributed by atoms with E-state index in [1.54, 1.807) is 18.5 Å². The molecule has 0 spiro atoms. The van der Waals surface area contributed by atoms with Crippen molar-refractivity contribution in [2.24, 2.45) is 0 Å². The van der Waals surface area contributed by atoms with Crippen LogP contribution in [0.1, 0.15) is 24.6 Å². The maximum absolute atomic E-state index is 9.37. The molecule has 0 aromatic carbocycles. The molecule has 9 nitrogen and oxygen atoms in total. The number of rotatable bonds is 4. The third kappa shape index (κ3) is 3.70. The lowest BCUT2D eigenvalue weighted by atomic mass is 10.0. The fourth-order valence-corrected chi connectivity index (χ4v) is 2.57. The molecule has 0 aliphatic carbocycles. The maximum Gasteiger partial charge on any atom is 0.290 e. The number of H-pyrrole nitrogens is 1. The van der Waals surface area contributed by atoms with Crippen LogP contribution in [0, 0.1) is 18.3 Å². The van der Waals surface area contributed by atoms with Gasteiger partial charge in [0.05, 0.1) is 17.6 Å². The minimum absolute atomic E-state index is 0.206. The zero-order valence-electron chi connectivity index (χ0n) is 14.5. The van der Waals surface area contributed by atoms with Gasteiger partial charge in [0, 0.05) is 29.6 Å². The Hall–Kier alpha value is -3.67. The lowest BCUT2D eigenvalue weighted by Gasteiger charge is -2.09. The predicted octanol–water partition coefficient (Wildman–Crippen LogP) is 2.21. The Morgan fingerprint density at radius 2 is 2.19 bits per heavy atom. The highest BCUT2D eigenvalue weighted by Gasteiger charge is 2.17. The van der Waals surface area contributed by atoms with Gasteiger partial charge in [0.1, 0.15) is 17.5 Å². The summed E-state index contributed by atoms with van der Waals surface area (Å²) in [4.78, 5) is 12.7. The van der Waals surface area contributed by atoms with Crippen LogP contribution in [0.3, 0.4) is 0 Å². The maximum atomic E-state index is 9.37. The van der Waals surface area contributed by atoms with Gasteiger partial charge in [0.2, 0.25) is 0 Å². The van der Waals surface area contributed by atoms with Crippen molar-refractivity contribution in [3.8, 4) is 28.6 Å². The Bertz CT molecular complexity index is 923. The van der Waals surface area contributed by atoms with Crippen molar-refractivity contribution in [3.63, 3.8) is 0 Å². The number of nitrogens with two attached hydrogens (primary N) is 1. The van der Waals surface area contributed by atoms with Crippen LogP contribution in [0.15, 0.2) is 24.5 Å². The molecular weight excluding hydrogens is 334 g/mol. The number of aryl methyl sites for hydroxylation is 1. The van der Waals surface area contributed by atoms with Gasteiger partial charge in [0.15, 0.2) is 0 Å². The Kier molecular flexibility index (Phi) is 6.06. The third-order valence-electron chi connectivity index (χ3n) is 3.76. The first-order chi connectivity index (χ1) is 12.6. The summed E-state index contributed by atoms with van der Waals surface area (Å²) in [5.74, 6) is 0.206. The Morgan fingerprint density at radius 3 is 2.77 bits per heavy atom. The Morgan fingerprint density at radius 1 is 1.46 bits per heavy atom. The third-order valence-corrected chi connectivity index (χ3v) is 3.76. The molecule has 0 unspecified atom stereocenters. The van der Waals surface area contributed by atoms with Gasteiger partial charge in [-0.15, -0.1) is 0 Å². The molecule has 134 valence electrons. The quantitative estimate of drug-likeness (QED) is 0.609. The molecule has 4 N–H and O–H groups in total. The smallest absolute Gasteiger partial charge is 0.290 e. The van der Waals surface area contributed by atoms with Gasteiger partial charge < -0.3 is 10.8 Å². The minimum atomic E-state index is -0.250. The van der Waals surface area contributed by atoms with Crippen LogP contribution in [0.4, 0.5) is 5.82 Å². The Labute approximate surface area is 150 Å². The molecule has 0 radical (unpaired) electrons. The van der Waals surface area contributed by atoms with E-state index in [1.165, 1.54) is 0 Å². The molecule has 3 rings (SSSR count). The molecule has 0 saturated carbocycles. The van der Waals surface area contributed by atoms with Crippen molar-refractivity contribution in [1.82, 2.24) is 25.0 Å². The van der Waals surface area contributed by atoms with Crippen LogP contribution in [-0.4, -0.2) is 36.5 Å². The van der Waals surface area contributed by atoms with Gasteiger partial charge in [0.25, 0.3) is 6.47 Å². The molecule has 0 fully saturated rings. The van der Waals surface area contributed by atoms with Crippen molar-refractivity contribution in [1.29, 1.82) is 5.26 Å². The van der Waals surface area contributed by atoms with E-state index in [4.69, 9.17) is 15.6 Å². The van der Waals surface area contributed by atoms with Crippen LogP contribution in [0.25, 0.3) is 22.5 Å². The zero-order valence-corrected chi connectivity index (χ0v) is 14.5. The van der Waals surface area contributed by atoms with E-state index < -0.39 is 0 Å². The van der Waals surface area contributed by atoms with Gasteiger partial charge >= 0.3 is 0 Å². The SMILES string of the molecule is CCCn1ncc(-c2cc(-c3ccn[nH]3)c(C#N)c(N)n2)c1C.O=CO. The van der Waals surface area contributed by atoms with Crippen LogP contribution >= 0.6 is 0 Å². The van der Waals surface area contributed by atoms with Gasteiger partial charge in [-0.2, -0.15) is 15.5 Å². The van der Waals surface area contributed by atoms with Crippen LogP contribution in [0.2, 0.25) is 0 Å². The number of hydrogen-bond acceptors (Lipinski definition) is 6. The van der Waals surface area contributed by atoms with E-state index in [2.05, 4.69) is 33.3 Å². The van der Waals surface area contributed by atoms with Crippen molar-refractivity contribution in [3.05, 3.63) is 35.8 Å². The predicted molar refractivity (Wildman–Crippen MR) is 95.9 cm³/mol. The summed E-state index contributed by atoms with van der Waals surface area (Å²) in [7, 11) is 0. The number of carbonyl (C=O) groups is 1. The molecule has 26 heavy (non-hydrogen) atoms. The largest absolute Gasteiger partial charge is 0.483 e. The fourth-order valence-electron chi connectivity index (χ4n) is 2.57. The second-order valence-electron chi connectivity index (χ2n) is 5.37. The summed E-state index contributed by atoms with van der Waals surface area (Å²) in [6.07, 6.45) is 4.43. The van der Waals surface area contributed by atoms with E-state index >= 15 is 0 Å². The number of pyridine rings is 1. The first-order valence-electron chi connectivity index (χ1n) is 7.88. The minimum Gasteiger partial charge on any atom is -0.483 e. The Balaban J connectivity index is 0.000000758. The number of nitrogens with one attached hydrogen (secondary N) is 1. The van der Waals surface area contributed by atoms with E-state index in [9.17, 15) is 5.26 Å². The second-order valence-corrected chi connectivity index (χ2v) is 5.37. The summed E-state index contributed by atoms with van der Waals surface area (Å²) >= 11 is 0. The topological polar surface area (TPSA) is 146 Å². The van der Waals surface area contributed by atoms with Gasteiger partial charge in [-0.25, -0.2) is 4.98 Å². The molecule has 0 saturated heterocycles. The van der Waals surface area contributed by atoms with Crippen LogP contribution in [-0.2, 0) is 11.3 Å². The molecule has 0 bridgehead atoms. The monoisotopic (exact) mass is 353 g/mol. The lowest BCUT2D eigenvalue weighted by molar-refractivity contribution is -0.122. The standard InChI is InChI=1S/C16H17N7.CH2O2/c1-3-6-23-10(2)13(9-20-23)15-7-11(14-4-5-19-22-14)12(8-17)16(18)21-15;2-1-3/h4-5,7,9H,3,6H2,1-2H3,(H2,18,21)(H,19,22);1H,(H,2,3). The highest BCUT2D eigenvalue weighted by molar-refractivity contribution is 5.78. The highest BCUT2D eigenvalue weighted by Crippen LogP contribution is 2.31. The van der Waals surface area contributed by atoms with Crippen molar-refractivity contribution in [2.45, 2.75) is 26.8 Å². The van der Waals surface area contributed by atoms with Crippen LogP contribution < -0.4 is 5.73 Å². The molecule has 0 atom stereocenters. The number of nitriles is 1. The number of aromatic amines is 1. The first kappa shape index (κ1) is 18.7. The molecule has 9 heteroatoms. The number of nitrogens with zero attached hydrogens (tertiary/aromatic N) is 5. The average molecular weight is 353 g/mol. The normalized spacial score (nSPS) is 9.88. The van der Waals surface area contributed by atoms with Gasteiger partial charge in [-0.05, 0) is 25.5 Å². The number of aromatic nitrogens is 5. The van der Waals surface area contributed by atoms with Crippen molar-refractivity contribution in [2.75, 3.05) is 5.73 Å². The number of anilines is 1. The van der Waals surface area contributed by atoms with Crippen LogP contribution in [0.5, 0.6) is 0 Å². The van der Waals surface area contributed by atoms with E-state index in [0.717, 1.165) is 29.9 Å². The molecule has 0 amide bonds. The van der Waals surface area contributed by atoms with Crippen molar-refractivity contribution < 1.29 is 9.90 Å². The molecule has 0 aliphatic rings. The highest BCUT2D eigenvalue weighted by atomic mass is 16.3. The lowest BCUT2D eigenvalue weighted by Crippen LogP contribution is -2.02. The van der Waals surface area contributed by atoms with E-state index in [-0.39, 0.29) is 12.3 Å². The van der Waals surface area contributed by atoms with Crippen molar-refractivity contribution >= 4 is 12.3 Å². The summed E-state index contributed by atoms with van der Waals surface area (Å²) in [5.41, 5.74) is 10.4. The number of nitrogen functional groups attached to an aromatic ring is 1. The molecular formula is C17H19N7O2.